The number of likely N-dealkylation sites (tertiary alicyclic amines) is 1. The number of hydrogen-bond donors (Lipinski definition) is 0. The lowest BCUT2D eigenvalue weighted by Gasteiger charge is -2.32. The first kappa shape index (κ1) is 13.2. The second-order valence-corrected chi connectivity index (χ2v) is 4.70. The Morgan fingerprint density at radius 3 is 2.81 bits per heavy atom. The normalized spacial score (nSPS) is 24.4. The van der Waals surface area contributed by atoms with Gasteiger partial charge in [-0.1, -0.05) is 19.8 Å². The summed E-state index contributed by atoms with van der Waals surface area (Å²) in [7, 11) is 0. The molecule has 0 saturated carbocycles. The summed E-state index contributed by atoms with van der Waals surface area (Å²) in [6.45, 7) is 4.67. The standard InChI is InChI=1S/C13H22N2O/c1-3-12(10-14)15-8-6-4-5-7-13(15)9-11(2)16/h12-13H,3-9H2,1-2H3. The number of carbonyl (C=O) groups is 1. The topological polar surface area (TPSA) is 44.1 Å². The van der Waals surface area contributed by atoms with Crippen molar-refractivity contribution in [1.29, 1.82) is 5.26 Å². The van der Waals surface area contributed by atoms with Gasteiger partial charge in [-0.15, -0.1) is 0 Å². The van der Waals surface area contributed by atoms with E-state index in [2.05, 4.69) is 11.0 Å². The summed E-state index contributed by atoms with van der Waals surface area (Å²) in [6, 6.07) is 2.65. The maximum Gasteiger partial charge on any atom is 0.131 e. The summed E-state index contributed by atoms with van der Waals surface area (Å²) in [5.74, 6) is 0.240. The van der Waals surface area contributed by atoms with Crippen molar-refractivity contribution in [2.24, 2.45) is 0 Å². The van der Waals surface area contributed by atoms with Gasteiger partial charge in [0.2, 0.25) is 0 Å². The summed E-state index contributed by atoms with van der Waals surface area (Å²) < 4.78 is 0. The molecule has 0 aromatic carbocycles. The van der Waals surface area contributed by atoms with E-state index in [0.29, 0.717) is 12.5 Å². The fraction of sp³-hybridized carbons (Fsp3) is 0.846. The van der Waals surface area contributed by atoms with Crippen LogP contribution in [0.2, 0.25) is 0 Å². The Kier molecular flexibility index (Phi) is 5.48. The third-order valence-corrected chi connectivity index (χ3v) is 3.38. The maximum atomic E-state index is 11.3. The molecular weight excluding hydrogens is 200 g/mol. The third kappa shape index (κ3) is 3.61. The van der Waals surface area contributed by atoms with Crippen LogP contribution in [0.3, 0.4) is 0 Å². The van der Waals surface area contributed by atoms with Gasteiger partial charge in [0.1, 0.15) is 5.78 Å². The fourth-order valence-corrected chi connectivity index (χ4v) is 2.56. The molecule has 0 N–H and O–H groups in total. The van der Waals surface area contributed by atoms with Gasteiger partial charge in [-0.2, -0.15) is 5.26 Å². The van der Waals surface area contributed by atoms with Gasteiger partial charge in [0, 0.05) is 12.5 Å². The summed E-state index contributed by atoms with van der Waals surface area (Å²) in [5.41, 5.74) is 0. The van der Waals surface area contributed by atoms with Crippen molar-refractivity contribution in [3.63, 3.8) is 0 Å². The second kappa shape index (κ2) is 6.65. The SMILES string of the molecule is CCC(C#N)N1CCCCCC1CC(C)=O. The van der Waals surface area contributed by atoms with Gasteiger partial charge in [-0.3, -0.25) is 9.69 Å². The molecule has 0 radical (unpaired) electrons. The largest absolute Gasteiger partial charge is 0.300 e. The van der Waals surface area contributed by atoms with Crippen LogP contribution in [-0.4, -0.2) is 29.3 Å². The lowest BCUT2D eigenvalue weighted by Crippen LogP contribution is -2.42. The van der Waals surface area contributed by atoms with Gasteiger partial charge >= 0.3 is 0 Å². The molecule has 2 atom stereocenters. The van der Waals surface area contributed by atoms with Crippen LogP contribution in [0.1, 0.15) is 52.4 Å². The van der Waals surface area contributed by atoms with Crippen LogP contribution in [-0.2, 0) is 4.79 Å². The van der Waals surface area contributed by atoms with E-state index in [1.807, 2.05) is 6.92 Å². The molecule has 0 spiro atoms. The van der Waals surface area contributed by atoms with Gasteiger partial charge in [-0.25, -0.2) is 0 Å². The fourth-order valence-electron chi connectivity index (χ4n) is 2.56. The molecule has 1 aliphatic heterocycles. The highest BCUT2D eigenvalue weighted by atomic mass is 16.1. The highest BCUT2D eigenvalue weighted by Gasteiger charge is 2.27. The van der Waals surface area contributed by atoms with Crippen molar-refractivity contribution in [3.8, 4) is 6.07 Å². The van der Waals surface area contributed by atoms with E-state index < -0.39 is 0 Å². The first-order valence-corrected chi connectivity index (χ1v) is 6.33. The number of nitrogens with zero attached hydrogens (tertiary/aromatic N) is 2. The highest BCUT2D eigenvalue weighted by molar-refractivity contribution is 5.76. The minimum absolute atomic E-state index is 0.0116. The van der Waals surface area contributed by atoms with Crippen LogP contribution in [0, 0.1) is 11.3 Å². The minimum atomic E-state index is -0.0116. The van der Waals surface area contributed by atoms with Crippen LogP contribution in [0.5, 0.6) is 0 Å². The zero-order chi connectivity index (χ0) is 12.0. The molecule has 16 heavy (non-hydrogen) atoms. The smallest absolute Gasteiger partial charge is 0.131 e. The van der Waals surface area contributed by atoms with Crippen molar-refractivity contribution < 1.29 is 4.79 Å². The van der Waals surface area contributed by atoms with Crippen molar-refractivity contribution in [1.82, 2.24) is 4.90 Å². The van der Waals surface area contributed by atoms with Gasteiger partial charge in [0.05, 0.1) is 12.1 Å². The van der Waals surface area contributed by atoms with Crippen LogP contribution in [0.25, 0.3) is 0 Å². The molecule has 1 aliphatic rings. The zero-order valence-electron chi connectivity index (χ0n) is 10.4. The molecule has 1 rings (SSSR count). The molecular formula is C13H22N2O. The molecule has 1 fully saturated rings. The van der Waals surface area contributed by atoms with Gasteiger partial charge in [0.15, 0.2) is 0 Å². The number of ketones is 1. The Balaban J connectivity index is 2.72. The van der Waals surface area contributed by atoms with E-state index in [9.17, 15) is 4.79 Å². The van der Waals surface area contributed by atoms with Crippen LogP contribution in [0.15, 0.2) is 0 Å². The quantitative estimate of drug-likeness (QED) is 0.734. The summed E-state index contributed by atoms with van der Waals surface area (Å²) in [5, 5.41) is 9.15. The van der Waals surface area contributed by atoms with Crippen LogP contribution >= 0.6 is 0 Å². The van der Waals surface area contributed by atoms with Crippen molar-refractivity contribution in [2.45, 2.75) is 64.5 Å². The summed E-state index contributed by atoms with van der Waals surface area (Å²) >= 11 is 0. The average molecular weight is 222 g/mol. The number of rotatable bonds is 4. The van der Waals surface area contributed by atoms with Gasteiger partial charge < -0.3 is 0 Å². The van der Waals surface area contributed by atoms with Crippen LogP contribution in [0.4, 0.5) is 0 Å². The Labute approximate surface area is 98.4 Å². The van der Waals surface area contributed by atoms with E-state index >= 15 is 0 Å². The molecule has 0 amide bonds. The summed E-state index contributed by atoms with van der Waals surface area (Å²) in [4.78, 5) is 13.5. The number of nitriles is 1. The molecule has 0 aliphatic carbocycles. The monoisotopic (exact) mass is 222 g/mol. The molecule has 0 bridgehead atoms. The number of carbonyl (C=O) groups excluding carboxylic acids is 1. The minimum Gasteiger partial charge on any atom is -0.300 e. The molecule has 90 valence electrons. The molecule has 3 nitrogen and oxygen atoms in total. The van der Waals surface area contributed by atoms with E-state index in [0.717, 1.165) is 25.8 Å². The molecule has 2 unspecified atom stereocenters. The highest BCUT2D eigenvalue weighted by Crippen LogP contribution is 2.22. The zero-order valence-corrected chi connectivity index (χ0v) is 10.4. The molecule has 0 aromatic heterocycles. The number of Topliss-reactive ketones (excluding diaryl/α,β-unsaturated/α-hetero) is 1. The Bertz CT molecular complexity index is 270. The lowest BCUT2D eigenvalue weighted by atomic mass is 10.0. The summed E-state index contributed by atoms with van der Waals surface area (Å²) in [6.07, 6.45) is 6.11. The second-order valence-electron chi connectivity index (χ2n) is 4.70. The first-order valence-electron chi connectivity index (χ1n) is 6.33. The first-order chi connectivity index (χ1) is 7.69. The van der Waals surface area contributed by atoms with E-state index in [1.165, 1.54) is 12.8 Å². The Morgan fingerprint density at radius 1 is 1.50 bits per heavy atom. The van der Waals surface area contributed by atoms with E-state index in [-0.39, 0.29) is 11.8 Å². The lowest BCUT2D eigenvalue weighted by molar-refractivity contribution is -0.118. The number of hydrogen-bond acceptors (Lipinski definition) is 3. The predicted octanol–water partition coefficient (Wildman–Crippen LogP) is 2.51. The van der Waals surface area contributed by atoms with Crippen molar-refractivity contribution in [2.75, 3.05) is 6.54 Å². The average Bonchev–Trinajstić information content (AvgIpc) is 2.46. The van der Waals surface area contributed by atoms with Gasteiger partial charge in [0.25, 0.3) is 0 Å². The molecule has 1 heterocycles. The van der Waals surface area contributed by atoms with E-state index in [4.69, 9.17) is 5.26 Å². The predicted molar refractivity (Wildman–Crippen MR) is 64.0 cm³/mol. The molecule has 0 aromatic rings. The van der Waals surface area contributed by atoms with Gasteiger partial charge in [-0.05, 0) is 32.7 Å². The van der Waals surface area contributed by atoms with Crippen molar-refractivity contribution >= 4 is 5.78 Å². The Morgan fingerprint density at radius 2 is 2.25 bits per heavy atom. The maximum absolute atomic E-state index is 11.3. The molecule has 3 heteroatoms. The Hall–Kier alpha value is -0.880. The molecule has 1 saturated heterocycles. The van der Waals surface area contributed by atoms with Crippen LogP contribution < -0.4 is 0 Å². The van der Waals surface area contributed by atoms with E-state index in [1.54, 1.807) is 6.92 Å². The third-order valence-electron chi connectivity index (χ3n) is 3.38. The van der Waals surface area contributed by atoms with Crippen molar-refractivity contribution in [3.05, 3.63) is 0 Å².